The maximum absolute atomic E-state index is 11.5. The number of hydrogen-bond acceptors (Lipinski definition) is 5. The molecule has 1 aliphatic rings. The lowest BCUT2D eigenvalue weighted by Gasteiger charge is -2.27. The molecule has 1 aromatic carbocycles. The number of allylic oxidation sites excluding steroid dienone is 2. The fourth-order valence-corrected chi connectivity index (χ4v) is 2.33. The van der Waals surface area contributed by atoms with Gasteiger partial charge < -0.3 is 9.64 Å². The van der Waals surface area contributed by atoms with Crippen molar-refractivity contribution in [1.82, 2.24) is 0 Å². The molecule has 0 heterocycles. The molecule has 1 aromatic rings. The minimum atomic E-state index is -0.589. The molecule has 0 atom stereocenters. The van der Waals surface area contributed by atoms with Crippen LogP contribution >= 0.6 is 0 Å². The number of likely N-dealkylation sites (N-methyl/N-ethyl adjacent to an activating group) is 1. The largest absolute Gasteiger partial charge is 0.465 e. The maximum atomic E-state index is 11.5. The number of nitrogens with zero attached hydrogens (tertiary/aromatic N) is 2. The Bertz CT molecular complexity index is 610. The third-order valence-electron chi connectivity index (χ3n) is 3.33. The molecule has 0 N–H and O–H groups in total. The highest BCUT2D eigenvalue weighted by molar-refractivity contribution is 5.91. The van der Waals surface area contributed by atoms with E-state index in [2.05, 4.69) is 4.74 Å². The van der Waals surface area contributed by atoms with Crippen molar-refractivity contribution in [1.29, 1.82) is 0 Å². The second kappa shape index (κ2) is 6.21. The maximum Gasteiger partial charge on any atom is 0.338 e. The Morgan fingerprint density at radius 3 is 2.57 bits per heavy atom. The van der Waals surface area contributed by atoms with E-state index in [1.54, 1.807) is 12.1 Å². The number of esters is 1. The number of carbonyl (C=O) groups is 1. The summed E-state index contributed by atoms with van der Waals surface area (Å²) in [5.74, 6) is -0.589. The van der Waals surface area contributed by atoms with Gasteiger partial charge in [0.05, 0.1) is 23.6 Å². The summed E-state index contributed by atoms with van der Waals surface area (Å²) >= 11 is 0. The minimum absolute atomic E-state index is 0.0160. The predicted octanol–water partition coefficient (Wildman–Crippen LogP) is 2.70. The molecule has 0 aromatic heterocycles. The molecule has 110 valence electrons. The summed E-state index contributed by atoms with van der Waals surface area (Å²) in [5, 5.41) is 11.3. The van der Waals surface area contributed by atoms with Gasteiger partial charge in [0.2, 0.25) is 0 Å². The lowest BCUT2D eigenvalue weighted by Crippen LogP contribution is -2.32. The molecule has 0 aliphatic heterocycles. The second-order valence-electron chi connectivity index (χ2n) is 4.50. The van der Waals surface area contributed by atoms with E-state index in [0.717, 1.165) is 0 Å². The van der Waals surface area contributed by atoms with Gasteiger partial charge in [0, 0.05) is 12.6 Å². The summed E-state index contributed by atoms with van der Waals surface area (Å²) in [4.78, 5) is 24.2. The fourth-order valence-electron chi connectivity index (χ4n) is 2.33. The molecule has 6 heteroatoms. The van der Waals surface area contributed by atoms with Crippen molar-refractivity contribution >= 4 is 17.3 Å². The first-order valence-corrected chi connectivity index (χ1v) is 6.57. The number of ether oxygens (including phenoxy) is 1. The van der Waals surface area contributed by atoms with E-state index < -0.39 is 10.9 Å². The van der Waals surface area contributed by atoms with Crippen molar-refractivity contribution in [3.05, 3.63) is 58.2 Å². The second-order valence-corrected chi connectivity index (χ2v) is 4.50. The normalized spacial score (nSPS) is 13.4. The lowest BCUT2D eigenvalue weighted by molar-refractivity contribution is -0.384. The van der Waals surface area contributed by atoms with Gasteiger partial charge in [-0.1, -0.05) is 24.3 Å². The molecule has 0 saturated heterocycles. The quantitative estimate of drug-likeness (QED) is 0.473. The molecule has 0 unspecified atom stereocenters. The molecule has 2 rings (SSSR count). The van der Waals surface area contributed by atoms with E-state index in [-0.39, 0.29) is 17.3 Å². The Hall–Kier alpha value is -2.63. The average Bonchev–Trinajstić information content (AvgIpc) is 3.01. The fraction of sp³-hybridized carbons (Fsp3) is 0.267. The highest BCUT2D eigenvalue weighted by atomic mass is 16.6. The first-order valence-electron chi connectivity index (χ1n) is 6.57. The van der Waals surface area contributed by atoms with Crippen molar-refractivity contribution in [3.8, 4) is 0 Å². The van der Waals surface area contributed by atoms with Gasteiger partial charge in [-0.25, -0.2) is 4.79 Å². The summed E-state index contributed by atoms with van der Waals surface area (Å²) < 4.78 is 4.60. The third-order valence-corrected chi connectivity index (χ3v) is 3.33. The van der Waals surface area contributed by atoms with Crippen LogP contribution in [0.4, 0.5) is 11.4 Å². The number of hydrogen-bond donors (Lipinski definition) is 0. The number of benzene rings is 1. The van der Waals surface area contributed by atoms with Gasteiger partial charge in [-0.2, -0.15) is 0 Å². The lowest BCUT2D eigenvalue weighted by atomic mass is 10.1. The zero-order valence-electron chi connectivity index (χ0n) is 11.9. The topological polar surface area (TPSA) is 72.7 Å². The van der Waals surface area contributed by atoms with Crippen LogP contribution < -0.4 is 4.90 Å². The number of anilines is 1. The molecule has 0 fully saturated rings. The van der Waals surface area contributed by atoms with Gasteiger partial charge >= 0.3 is 5.97 Å². The smallest absolute Gasteiger partial charge is 0.338 e. The number of carbonyl (C=O) groups excluding carboxylic acids is 1. The zero-order valence-corrected chi connectivity index (χ0v) is 11.9. The van der Waals surface area contributed by atoms with Crippen LogP contribution in [0.2, 0.25) is 0 Å². The average molecular weight is 288 g/mol. The predicted molar refractivity (Wildman–Crippen MR) is 79.5 cm³/mol. The van der Waals surface area contributed by atoms with Gasteiger partial charge in [-0.05, 0) is 19.1 Å². The Kier molecular flexibility index (Phi) is 4.37. The van der Waals surface area contributed by atoms with Crippen LogP contribution in [-0.2, 0) is 4.74 Å². The molecular weight excluding hydrogens is 272 g/mol. The Balaban J connectivity index is 2.46. The van der Waals surface area contributed by atoms with Crippen LogP contribution in [0.25, 0.3) is 0 Å². The van der Waals surface area contributed by atoms with E-state index in [9.17, 15) is 14.9 Å². The summed E-state index contributed by atoms with van der Waals surface area (Å²) in [5.41, 5.74) is 0.548. The summed E-state index contributed by atoms with van der Waals surface area (Å²) in [6, 6.07) is 4.37. The summed E-state index contributed by atoms with van der Waals surface area (Å²) in [6.45, 7) is 2.54. The van der Waals surface area contributed by atoms with E-state index >= 15 is 0 Å². The third kappa shape index (κ3) is 2.94. The van der Waals surface area contributed by atoms with Crippen LogP contribution in [0, 0.1) is 10.1 Å². The van der Waals surface area contributed by atoms with Crippen molar-refractivity contribution in [2.45, 2.75) is 13.0 Å². The highest BCUT2D eigenvalue weighted by Crippen LogP contribution is 2.32. The first-order chi connectivity index (χ1) is 10.1. The molecule has 0 radical (unpaired) electrons. The van der Waals surface area contributed by atoms with Crippen molar-refractivity contribution in [2.75, 3.05) is 18.6 Å². The molecule has 21 heavy (non-hydrogen) atoms. The minimum Gasteiger partial charge on any atom is -0.465 e. The van der Waals surface area contributed by atoms with Crippen molar-refractivity contribution in [3.63, 3.8) is 0 Å². The number of rotatable bonds is 5. The van der Waals surface area contributed by atoms with Crippen LogP contribution in [-0.4, -0.2) is 30.6 Å². The van der Waals surface area contributed by atoms with Crippen LogP contribution in [0.5, 0.6) is 0 Å². The van der Waals surface area contributed by atoms with E-state index in [1.165, 1.54) is 13.2 Å². The molecule has 6 nitrogen and oxygen atoms in total. The zero-order chi connectivity index (χ0) is 15.4. The van der Waals surface area contributed by atoms with Crippen LogP contribution in [0.1, 0.15) is 17.3 Å². The van der Waals surface area contributed by atoms with Gasteiger partial charge in [-0.15, -0.1) is 0 Å². The van der Waals surface area contributed by atoms with Gasteiger partial charge in [-0.3, -0.25) is 10.1 Å². The van der Waals surface area contributed by atoms with Crippen molar-refractivity contribution < 1.29 is 14.5 Å². The summed E-state index contributed by atoms with van der Waals surface area (Å²) in [6.07, 6.45) is 7.73. The molecule has 0 spiro atoms. The van der Waals surface area contributed by atoms with Crippen LogP contribution in [0.3, 0.4) is 0 Å². The first kappa shape index (κ1) is 14.8. The molecule has 0 bridgehead atoms. The van der Waals surface area contributed by atoms with Crippen LogP contribution in [0.15, 0.2) is 42.5 Å². The monoisotopic (exact) mass is 288 g/mol. The number of nitro benzene ring substituents is 1. The van der Waals surface area contributed by atoms with Gasteiger partial charge in [0.15, 0.2) is 0 Å². The molecule has 0 saturated carbocycles. The Morgan fingerprint density at radius 2 is 2.05 bits per heavy atom. The van der Waals surface area contributed by atoms with E-state index in [4.69, 9.17) is 0 Å². The Labute approximate surface area is 122 Å². The SMILES string of the molecule is CCN(c1ccc(C(=O)OC)cc1[N+](=O)[O-])C1C=CC=C1. The van der Waals surface area contributed by atoms with E-state index in [0.29, 0.717) is 12.2 Å². The highest BCUT2D eigenvalue weighted by Gasteiger charge is 2.24. The van der Waals surface area contributed by atoms with Gasteiger partial charge in [0.25, 0.3) is 5.69 Å². The van der Waals surface area contributed by atoms with E-state index in [1.807, 2.05) is 36.1 Å². The van der Waals surface area contributed by atoms with Gasteiger partial charge in [0.1, 0.15) is 5.69 Å². The molecule has 0 amide bonds. The molecular formula is C15H16N2O4. The standard InChI is InChI=1S/C15H16N2O4/c1-3-16(12-6-4-5-7-12)13-9-8-11(15(18)21-2)10-14(13)17(19)20/h4-10,12H,3H2,1-2H3. The van der Waals surface area contributed by atoms with Crippen molar-refractivity contribution in [2.24, 2.45) is 0 Å². The Morgan fingerprint density at radius 1 is 1.38 bits per heavy atom. The number of nitro groups is 1. The number of methoxy groups -OCH3 is 1. The summed E-state index contributed by atoms with van der Waals surface area (Å²) in [7, 11) is 1.24. The molecule has 1 aliphatic carbocycles.